The van der Waals surface area contributed by atoms with Crippen LogP contribution >= 0.6 is 0 Å². The Morgan fingerprint density at radius 1 is 1.82 bits per heavy atom. The molecule has 0 fully saturated rings. The van der Waals surface area contributed by atoms with Gasteiger partial charge in [-0.15, -0.1) is 10.1 Å². The van der Waals surface area contributed by atoms with Gasteiger partial charge in [-0.05, 0) is 6.92 Å². The predicted octanol–water partition coefficient (Wildman–Crippen LogP) is -1.00. The Hall–Kier alpha value is -1.37. The zero-order valence-corrected chi connectivity index (χ0v) is 5.76. The van der Waals surface area contributed by atoms with Crippen molar-refractivity contribution in [3.05, 3.63) is 10.1 Å². The highest BCUT2D eigenvalue weighted by atomic mass is 17.0. The summed E-state index contributed by atoms with van der Waals surface area (Å²) in [6.07, 6.45) is -1.14. The van der Waals surface area contributed by atoms with E-state index in [-0.39, 0.29) is 0 Å². The Morgan fingerprint density at radius 3 is 2.55 bits per heavy atom. The first-order valence-electron chi connectivity index (χ1n) is 2.74. The van der Waals surface area contributed by atoms with Crippen LogP contribution in [0.1, 0.15) is 6.92 Å². The van der Waals surface area contributed by atoms with E-state index in [1.165, 1.54) is 6.92 Å². The molecule has 0 saturated heterocycles. The van der Waals surface area contributed by atoms with Crippen LogP contribution in [0.5, 0.6) is 0 Å². The molecule has 0 aliphatic carbocycles. The average molecular weight is 164 g/mol. The SMILES string of the molecule is C[C@@H](O[N+](=O)[O-])[C@H](N)C(=O)O. The molecule has 0 heterocycles. The number of nitrogens with zero attached hydrogens (tertiary/aromatic N) is 1. The van der Waals surface area contributed by atoms with E-state index in [0.717, 1.165) is 0 Å². The third-order valence-corrected chi connectivity index (χ3v) is 1.04. The molecule has 7 heteroatoms. The zero-order valence-electron chi connectivity index (χ0n) is 5.76. The molecule has 11 heavy (non-hydrogen) atoms. The number of aliphatic carboxylic acids is 1. The van der Waals surface area contributed by atoms with Crippen LogP contribution in [-0.4, -0.2) is 28.3 Å². The lowest BCUT2D eigenvalue weighted by atomic mass is 10.2. The van der Waals surface area contributed by atoms with Crippen LogP contribution in [0.15, 0.2) is 0 Å². The van der Waals surface area contributed by atoms with Gasteiger partial charge in [0.15, 0.2) is 0 Å². The van der Waals surface area contributed by atoms with E-state index in [1.54, 1.807) is 0 Å². The van der Waals surface area contributed by atoms with Gasteiger partial charge in [-0.25, -0.2) is 0 Å². The average Bonchev–Trinajstić information content (AvgIpc) is 1.84. The fraction of sp³-hybridized carbons (Fsp3) is 0.750. The van der Waals surface area contributed by atoms with Gasteiger partial charge in [-0.1, -0.05) is 0 Å². The summed E-state index contributed by atoms with van der Waals surface area (Å²) in [6, 6.07) is -1.37. The van der Waals surface area contributed by atoms with E-state index >= 15 is 0 Å². The van der Waals surface area contributed by atoms with E-state index in [0.29, 0.717) is 0 Å². The van der Waals surface area contributed by atoms with Crippen LogP contribution < -0.4 is 5.73 Å². The van der Waals surface area contributed by atoms with Gasteiger partial charge >= 0.3 is 5.97 Å². The van der Waals surface area contributed by atoms with Crippen LogP contribution in [0.4, 0.5) is 0 Å². The summed E-state index contributed by atoms with van der Waals surface area (Å²) in [5.41, 5.74) is 4.98. The van der Waals surface area contributed by atoms with Crippen LogP contribution in [0, 0.1) is 10.1 Å². The fourth-order valence-corrected chi connectivity index (χ4v) is 0.402. The van der Waals surface area contributed by atoms with E-state index < -0.39 is 23.2 Å². The van der Waals surface area contributed by atoms with Gasteiger partial charge in [0.25, 0.3) is 5.09 Å². The molecule has 0 aromatic heterocycles. The summed E-state index contributed by atoms with van der Waals surface area (Å²) in [5.74, 6) is -1.33. The lowest BCUT2D eigenvalue weighted by Gasteiger charge is -2.12. The molecule has 7 nitrogen and oxygen atoms in total. The summed E-state index contributed by atoms with van der Waals surface area (Å²) in [5, 5.41) is 16.8. The third-order valence-electron chi connectivity index (χ3n) is 1.04. The number of carbonyl (C=O) groups is 1. The summed E-state index contributed by atoms with van der Waals surface area (Å²) in [6.45, 7) is 1.21. The minimum atomic E-state index is -1.37. The van der Waals surface area contributed by atoms with Crippen LogP contribution in [-0.2, 0) is 9.63 Å². The maximum absolute atomic E-state index is 10.1. The van der Waals surface area contributed by atoms with Gasteiger partial charge in [0, 0.05) is 0 Å². The standard InChI is InChI=1S/C4H8N2O5/c1-2(11-6(9)10)3(5)4(7)8/h2-3H,5H2,1H3,(H,7,8)/t2-,3+/m1/s1. The smallest absolute Gasteiger partial charge is 0.322 e. The van der Waals surface area contributed by atoms with Crippen molar-refractivity contribution < 1.29 is 19.8 Å². The van der Waals surface area contributed by atoms with Gasteiger partial charge in [0.2, 0.25) is 0 Å². The van der Waals surface area contributed by atoms with Gasteiger partial charge in [-0.3, -0.25) is 4.79 Å². The molecule has 0 aliphatic heterocycles. The van der Waals surface area contributed by atoms with E-state index in [2.05, 4.69) is 4.84 Å². The fourth-order valence-electron chi connectivity index (χ4n) is 0.402. The number of rotatable bonds is 4. The first kappa shape index (κ1) is 9.63. The maximum atomic E-state index is 10.1. The number of hydrogen-bond acceptors (Lipinski definition) is 5. The molecule has 0 amide bonds. The molecule has 0 spiro atoms. The van der Waals surface area contributed by atoms with Crippen molar-refractivity contribution in [2.45, 2.75) is 19.1 Å². The predicted molar refractivity (Wildman–Crippen MR) is 33.2 cm³/mol. The molecule has 0 aromatic rings. The Bertz CT molecular complexity index is 170. The van der Waals surface area contributed by atoms with Crippen molar-refractivity contribution in [3.63, 3.8) is 0 Å². The molecular formula is C4H8N2O5. The Morgan fingerprint density at radius 2 is 2.27 bits per heavy atom. The summed E-state index contributed by atoms with van der Waals surface area (Å²) >= 11 is 0. The molecule has 0 radical (unpaired) electrons. The molecule has 3 N–H and O–H groups in total. The quantitative estimate of drug-likeness (QED) is 0.406. The van der Waals surface area contributed by atoms with Crippen LogP contribution in [0.2, 0.25) is 0 Å². The highest BCUT2D eigenvalue weighted by Gasteiger charge is 2.22. The Balaban J connectivity index is 3.92. The van der Waals surface area contributed by atoms with E-state index in [4.69, 9.17) is 10.8 Å². The molecule has 0 saturated carbocycles. The second-order valence-corrected chi connectivity index (χ2v) is 1.90. The molecule has 64 valence electrons. The van der Waals surface area contributed by atoms with E-state index in [9.17, 15) is 14.9 Å². The molecule has 0 bridgehead atoms. The second kappa shape index (κ2) is 3.71. The largest absolute Gasteiger partial charge is 0.480 e. The van der Waals surface area contributed by atoms with Gasteiger partial charge in [-0.2, -0.15) is 0 Å². The van der Waals surface area contributed by atoms with Gasteiger partial charge < -0.3 is 15.7 Å². The third kappa shape index (κ3) is 3.36. The van der Waals surface area contributed by atoms with Crippen molar-refractivity contribution >= 4 is 5.97 Å². The minimum Gasteiger partial charge on any atom is -0.480 e. The second-order valence-electron chi connectivity index (χ2n) is 1.90. The monoisotopic (exact) mass is 164 g/mol. The summed E-state index contributed by atoms with van der Waals surface area (Å²) < 4.78 is 0. The van der Waals surface area contributed by atoms with Crippen molar-refractivity contribution in [1.29, 1.82) is 0 Å². The Kier molecular flexibility index (Phi) is 3.25. The van der Waals surface area contributed by atoms with Gasteiger partial charge in [0.05, 0.1) is 0 Å². The molecule has 2 atom stereocenters. The topological polar surface area (TPSA) is 116 Å². The highest BCUT2D eigenvalue weighted by molar-refractivity contribution is 5.73. The van der Waals surface area contributed by atoms with Crippen LogP contribution in [0.3, 0.4) is 0 Å². The highest BCUT2D eigenvalue weighted by Crippen LogP contribution is 1.95. The first-order valence-corrected chi connectivity index (χ1v) is 2.74. The lowest BCUT2D eigenvalue weighted by molar-refractivity contribution is -0.767. The van der Waals surface area contributed by atoms with E-state index in [1.807, 2.05) is 0 Å². The molecule has 0 aliphatic rings. The van der Waals surface area contributed by atoms with Crippen LogP contribution in [0.25, 0.3) is 0 Å². The number of carboxylic acids is 1. The van der Waals surface area contributed by atoms with Crippen molar-refractivity contribution in [1.82, 2.24) is 0 Å². The summed E-state index contributed by atoms with van der Waals surface area (Å²) in [4.78, 5) is 23.7. The molecule has 0 rings (SSSR count). The maximum Gasteiger partial charge on any atom is 0.322 e. The van der Waals surface area contributed by atoms with Gasteiger partial charge in [0.1, 0.15) is 12.1 Å². The normalized spacial score (nSPS) is 15.1. The Labute approximate surface area is 61.9 Å². The minimum absolute atomic E-state index is 1.08. The molecule has 0 aromatic carbocycles. The zero-order chi connectivity index (χ0) is 9.02. The lowest BCUT2D eigenvalue weighted by Crippen LogP contribution is -2.42. The van der Waals surface area contributed by atoms with Crippen molar-refractivity contribution in [2.75, 3.05) is 0 Å². The number of nitrogens with two attached hydrogens (primary N) is 1. The number of hydrogen-bond donors (Lipinski definition) is 2. The number of carboxylic acid groups (broad SMARTS) is 1. The van der Waals surface area contributed by atoms with Crippen molar-refractivity contribution in [3.8, 4) is 0 Å². The van der Waals surface area contributed by atoms with Crippen molar-refractivity contribution in [2.24, 2.45) is 5.73 Å². The molecule has 0 unspecified atom stereocenters. The first-order chi connectivity index (χ1) is 4.95. The molecular weight excluding hydrogens is 156 g/mol. The summed E-state index contributed by atoms with van der Waals surface area (Å²) in [7, 11) is 0.